The topological polar surface area (TPSA) is 73.6 Å². The van der Waals surface area contributed by atoms with Gasteiger partial charge in [0.05, 0.1) is 12.5 Å². The van der Waals surface area contributed by atoms with Gasteiger partial charge < -0.3 is 20.5 Å². The highest BCUT2D eigenvalue weighted by Gasteiger charge is 2.19. The van der Waals surface area contributed by atoms with Gasteiger partial charge >= 0.3 is 0 Å². The molecule has 0 radical (unpaired) electrons. The molecule has 1 aromatic carbocycles. The molecule has 5 nitrogen and oxygen atoms in total. The zero-order valence-corrected chi connectivity index (χ0v) is 11.9. The Kier molecular flexibility index (Phi) is 5.31. The minimum atomic E-state index is -0.0524. The molecule has 0 spiro atoms. The molecule has 0 aliphatic carbocycles. The summed E-state index contributed by atoms with van der Waals surface area (Å²) in [5.41, 5.74) is 6.06. The first-order chi connectivity index (χ1) is 9.63. The van der Waals surface area contributed by atoms with Gasteiger partial charge in [0, 0.05) is 18.4 Å². The first kappa shape index (κ1) is 14.7. The fourth-order valence-corrected chi connectivity index (χ4v) is 2.10. The molecule has 3 N–H and O–H groups in total. The molecule has 1 atom stereocenters. The maximum Gasteiger partial charge on any atom is 0.226 e. The third-order valence-electron chi connectivity index (χ3n) is 2.94. The number of ether oxygens (including phenoxy) is 2. The van der Waals surface area contributed by atoms with Gasteiger partial charge in [0.15, 0.2) is 0 Å². The Morgan fingerprint density at radius 2 is 2.40 bits per heavy atom. The second kappa shape index (κ2) is 7.21. The van der Waals surface area contributed by atoms with Crippen molar-refractivity contribution in [2.24, 2.45) is 5.73 Å². The summed E-state index contributed by atoms with van der Waals surface area (Å²) >= 11 is 4.75. The summed E-state index contributed by atoms with van der Waals surface area (Å²) in [6.07, 6.45) is 2.41. The number of hydrogen-bond donors (Lipinski definition) is 2. The molecule has 0 aromatic heterocycles. The Morgan fingerprint density at radius 3 is 3.10 bits per heavy atom. The van der Waals surface area contributed by atoms with Crippen LogP contribution in [0.2, 0.25) is 0 Å². The van der Waals surface area contributed by atoms with E-state index in [0.29, 0.717) is 17.9 Å². The van der Waals surface area contributed by atoms with Crippen LogP contribution in [-0.2, 0) is 9.53 Å². The smallest absolute Gasteiger partial charge is 0.226 e. The van der Waals surface area contributed by atoms with E-state index in [2.05, 4.69) is 5.32 Å². The quantitative estimate of drug-likeness (QED) is 0.783. The van der Waals surface area contributed by atoms with Crippen molar-refractivity contribution in [2.75, 3.05) is 18.5 Å². The highest BCUT2D eigenvalue weighted by atomic mass is 32.1. The molecule has 1 unspecified atom stereocenters. The molecule has 1 aliphatic rings. The third-order valence-corrected chi connectivity index (χ3v) is 3.05. The lowest BCUT2D eigenvalue weighted by Crippen LogP contribution is -2.19. The molecule has 6 heteroatoms. The number of carbonyl (C=O) groups excluding carboxylic acids is 1. The lowest BCUT2D eigenvalue weighted by atomic mass is 10.2. The van der Waals surface area contributed by atoms with Gasteiger partial charge in [-0.1, -0.05) is 18.3 Å². The van der Waals surface area contributed by atoms with Crippen molar-refractivity contribution in [2.45, 2.75) is 25.4 Å². The minimum Gasteiger partial charge on any atom is -0.486 e. The van der Waals surface area contributed by atoms with Crippen molar-refractivity contribution in [1.82, 2.24) is 0 Å². The lowest BCUT2D eigenvalue weighted by Gasteiger charge is -2.11. The van der Waals surface area contributed by atoms with Crippen molar-refractivity contribution in [3.05, 3.63) is 24.3 Å². The highest BCUT2D eigenvalue weighted by molar-refractivity contribution is 7.80. The van der Waals surface area contributed by atoms with E-state index in [0.717, 1.165) is 19.4 Å². The number of benzene rings is 1. The maximum atomic E-state index is 11.9. The Labute approximate surface area is 123 Å². The third kappa shape index (κ3) is 4.79. The Bertz CT molecular complexity index is 487. The number of amides is 1. The summed E-state index contributed by atoms with van der Waals surface area (Å²) in [6.45, 7) is 0.933. The molecule has 1 aromatic rings. The SMILES string of the molecule is NC(=S)COc1cccc(NC(=O)CC2CCCO2)c1. The monoisotopic (exact) mass is 294 g/mol. The van der Waals surface area contributed by atoms with Crippen LogP contribution in [0.3, 0.4) is 0 Å². The summed E-state index contributed by atoms with van der Waals surface area (Å²) in [5.74, 6) is 0.566. The summed E-state index contributed by atoms with van der Waals surface area (Å²) < 4.78 is 10.8. The molecule has 1 aliphatic heterocycles. The summed E-state index contributed by atoms with van der Waals surface area (Å²) in [4.78, 5) is 12.2. The van der Waals surface area contributed by atoms with E-state index in [-0.39, 0.29) is 23.6 Å². The number of nitrogens with two attached hydrogens (primary N) is 1. The van der Waals surface area contributed by atoms with E-state index in [1.54, 1.807) is 24.3 Å². The molecular weight excluding hydrogens is 276 g/mol. The van der Waals surface area contributed by atoms with E-state index < -0.39 is 0 Å². The van der Waals surface area contributed by atoms with Crippen LogP contribution in [0.4, 0.5) is 5.69 Å². The van der Waals surface area contributed by atoms with Crippen LogP contribution >= 0.6 is 12.2 Å². The molecule has 0 saturated carbocycles. The number of nitrogens with one attached hydrogen (secondary N) is 1. The largest absolute Gasteiger partial charge is 0.486 e. The summed E-state index contributed by atoms with van der Waals surface area (Å²) in [6, 6.07) is 7.14. The highest BCUT2D eigenvalue weighted by Crippen LogP contribution is 2.19. The zero-order chi connectivity index (χ0) is 14.4. The minimum absolute atomic E-state index is 0.0454. The predicted octanol–water partition coefficient (Wildman–Crippen LogP) is 1.86. The molecule has 1 saturated heterocycles. The number of carbonyl (C=O) groups is 1. The Hall–Kier alpha value is -1.66. The van der Waals surface area contributed by atoms with Gasteiger partial charge in [0.1, 0.15) is 17.3 Å². The summed E-state index contributed by atoms with van der Waals surface area (Å²) in [5, 5.41) is 2.83. The van der Waals surface area contributed by atoms with Gasteiger partial charge in [-0.25, -0.2) is 0 Å². The first-order valence-electron chi connectivity index (χ1n) is 6.56. The van der Waals surface area contributed by atoms with Gasteiger partial charge in [-0.3, -0.25) is 4.79 Å². The number of anilines is 1. The van der Waals surface area contributed by atoms with Crippen LogP contribution < -0.4 is 15.8 Å². The average molecular weight is 294 g/mol. The van der Waals surface area contributed by atoms with E-state index in [1.165, 1.54) is 0 Å². The van der Waals surface area contributed by atoms with Crippen molar-refractivity contribution in [1.29, 1.82) is 0 Å². The number of thiocarbonyl (C=S) groups is 1. The van der Waals surface area contributed by atoms with Gasteiger partial charge in [-0.15, -0.1) is 0 Å². The number of hydrogen-bond acceptors (Lipinski definition) is 4. The van der Waals surface area contributed by atoms with Crippen molar-refractivity contribution >= 4 is 28.8 Å². The lowest BCUT2D eigenvalue weighted by molar-refractivity contribution is -0.118. The van der Waals surface area contributed by atoms with Gasteiger partial charge in [-0.05, 0) is 25.0 Å². The van der Waals surface area contributed by atoms with Crippen LogP contribution in [0.1, 0.15) is 19.3 Å². The maximum absolute atomic E-state index is 11.9. The Balaban J connectivity index is 1.86. The van der Waals surface area contributed by atoms with Crippen LogP contribution in [0, 0.1) is 0 Å². The fraction of sp³-hybridized carbons (Fsp3) is 0.429. The number of rotatable bonds is 6. The molecule has 1 heterocycles. The molecule has 108 valence electrons. The second-order valence-electron chi connectivity index (χ2n) is 4.67. The summed E-state index contributed by atoms with van der Waals surface area (Å²) in [7, 11) is 0. The van der Waals surface area contributed by atoms with Gasteiger partial charge in [-0.2, -0.15) is 0 Å². The van der Waals surface area contributed by atoms with Crippen LogP contribution in [-0.4, -0.2) is 30.2 Å². The van der Waals surface area contributed by atoms with Gasteiger partial charge in [0.2, 0.25) is 5.91 Å². The van der Waals surface area contributed by atoms with Crippen LogP contribution in [0.25, 0.3) is 0 Å². The molecule has 20 heavy (non-hydrogen) atoms. The van der Waals surface area contributed by atoms with Crippen molar-refractivity contribution < 1.29 is 14.3 Å². The van der Waals surface area contributed by atoms with E-state index in [1.807, 2.05) is 0 Å². The van der Waals surface area contributed by atoms with E-state index in [4.69, 9.17) is 27.4 Å². The predicted molar refractivity (Wildman–Crippen MR) is 80.9 cm³/mol. The first-order valence-corrected chi connectivity index (χ1v) is 6.97. The molecule has 1 amide bonds. The second-order valence-corrected chi connectivity index (χ2v) is 5.19. The Morgan fingerprint density at radius 1 is 1.55 bits per heavy atom. The molecule has 2 rings (SSSR count). The van der Waals surface area contributed by atoms with Gasteiger partial charge in [0.25, 0.3) is 0 Å². The molecular formula is C14H18N2O3S. The normalized spacial score (nSPS) is 17.7. The van der Waals surface area contributed by atoms with Crippen LogP contribution in [0.5, 0.6) is 5.75 Å². The van der Waals surface area contributed by atoms with Crippen LogP contribution in [0.15, 0.2) is 24.3 Å². The average Bonchev–Trinajstić information content (AvgIpc) is 2.89. The zero-order valence-electron chi connectivity index (χ0n) is 11.1. The van der Waals surface area contributed by atoms with Crippen molar-refractivity contribution in [3.8, 4) is 5.75 Å². The molecule has 1 fully saturated rings. The van der Waals surface area contributed by atoms with E-state index >= 15 is 0 Å². The molecule has 0 bridgehead atoms. The fourth-order valence-electron chi connectivity index (χ4n) is 2.04. The van der Waals surface area contributed by atoms with E-state index in [9.17, 15) is 4.79 Å². The van der Waals surface area contributed by atoms with Crippen molar-refractivity contribution in [3.63, 3.8) is 0 Å². The standard InChI is InChI=1S/C14H18N2O3S/c15-13(20)9-19-11-4-1-3-10(7-11)16-14(17)8-12-5-2-6-18-12/h1,3-4,7,12H,2,5-6,8-9H2,(H2,15,20)(H,16,17).